The van der Waals surface area contributed by atoms with Crippen molar-refractivity contribution in [2.75, 3.05) is 5.32 Å². The normalized spacial score (nSPS) is 11.0. The molecule has 6 nitrogen and oxygen atoms in total. The van der Waals surface area contributed by atoms with Crippen LogP contribution in [0.2, 0.25) is 0 Å². The molecule has 146 valence electrons. The van der Waals surface area contributed by atoms with Crippen LogP contribution in [-0.4, -0.2) is 20.0 Å². The van der Waals surface area contributed by atoms with E-state index in [4.69, 9.17) is 0 Å². The largest absolute Gasteiger partial charge is 0.335 e. The van der Waals surface area contributed by atoms with E-state index in [1.54, 1.807) is 22.9 Å². The first-order chi connectivity index (χ1) is 13.9. The molecule has 29 heavy (non-hydrogen) atoms. The lowest BCUT2D eigenvalue weighted by Crippen LogP contribution is -2.29. The summed E-state index contributed by atoms with van der Waals surface area (Å²) in [7, 11) is 0. The van der Waals surface area contributed by atoms with Gasteiger partial charge in [0.15, 0.2) is 5.65 Å². The number of hydrogen-bond acceptors (Lipinski definition) is 3. The van der Waals surface area contributed by atoms with Gasteiger partial charge in [0.05, 0.1) is 11.2 Å². The van der Waals surface area contributed by atoms with E-state index < -0.39 is 0 Å². The van der Waals surface area contributed by atoms with Crippen molar-refractivity contribution in [1.82, 2.24) is 14.1 Å². The zero-order valence-corrected chi connectivity index (χ0v) is 16.6. The Morgan fingerprint density at radius 1 is 1.00 bits per heavy atom. The molecule has 1 amide bonds. The van der Waals surface area contributed by atoms with Crippen LogP contribution in [0.5, 0.6) is 0 Å². The fourth-order valence-electron chi connectivity index (χ4n) is 3.37. The molecule has 0 aliphatic carbocycles. The lowest BCUT2D eigenvalue weighted by Gasteiger charge is -2.10. The van der Waals surface area contributed by atoms with Crippen LogP contribution in [0.25, 0.3) is 16.9 Å². The molecule has 0 aliphatic heterocycles. The predicted octanol–water partition coefficient (Wildman–Crippen LogP) is 3.75. The third-order valence-corrected chi connectivity index (χ3v) is 4.95. The van der Waals surface area contributed by atoms with E-state index in [1.165, 1.54) is 4.57 Å². The van der Waals surface area contributed by atoms with Crippen molar-refractivity contribution < 1.29 is 4.79 Å². The number of carbonyl (C=O) groups is 1. The van der Waals surface area contributed by atoms with E-state index in [1.807, 2.05) is 63.2 Å². The molecule has 0 fully saturated rings. The van der Waals surface area contributed by atoms with E-state index in [0.717, 1.165) is 28.1 Å². The van der Waals surface area contributed by atoms with Gasteiger partial charge < -0.3 is 5.32 Å². The number of amides is 1. The van der Waals surface area contributed by atoms with E-state index in [2.05, 4.69) is 10.3 Å². The molecule has 0 atom stereocenters. The zero-order chi connectivity index (χ0) is 20.5. The molecule has 4 rings (SSSR count). The number of nitrogens with zero attached hydrogens (tertiary/aromatic N) is 3. The van der Waals surface area contributed by atoms with Gasteiger partial charge in [0.2, 0.25) is 5.91 Å². The van der Waals surface area contributed by atoms with Gasteiger partial charge in [0, 0.05) is 11.9 Å². The van der Waals surface area contributed by atoms with Gasteiger partial charge in [-0.1, -0.05) is 29.8 Å². The average molecular weight is 386 g/mol. The number of pyridine rings is 1. The summed E-state index contributed by atoms with van der Waals surface area (Å²) in [5, 5.41) is 2.92. The Bertz CT molecular complexity index is 1270. The van der Waals surface area contributed by atoms with E-state index in [9.17, 15) is 9.59 Å². The van der Waals surface area contributed by atoms with Crippen molar-refractivity contribution in [3.05, 3.63) is 88.0 Å². The van der Waals surface area contributed by atoms with Crippen LogP contribution in [0, 0.1) is 20.8 Å². The number of nitrogens with one attached hydrogen (secondary N) is 1. The number of benzene rings is 2. The highest BCUT2D eigenvalue weighted by Crippen LogP contribution is 2.18. The fourth-order valence-corrected chi connectivity index (χ4v) is 3.37. The summed E-state index contributed by atoms with van der Waals surface area (Å²) >= 11 is 0. The Morgan fingerprint density at radius 3 is 2.48 bits per heavy atom. The minimum absolute atomic E-state index is 0.0900. The van der Waals surface area contributed by atoms with Crippen LogP contribution in [-0.2, 0) is 11.3 Å². The molecule has 1 N–H and O–H groups in total. The van der Waals surface area contributed by atoms with Gasteiger partial charge in [0.25, 0.3) is 0 Å². The number of rotatable bonds is 4. The summed E-state index contributed by atoms with van der Waals surface area (Å²) < 4.78 is 3.00. The van der Waals surface area contributed by atoms with Crippen LogP contribution in [0.15, 0.2) is 65.6 Å². The highest BCUT2D eigenvalue weighted by Gasteiger charge is 2.18. The second kappa shape index (κ2) is 7.39. The highest BCUT2D eigenvalue weighted by molar-refractivity contribution is 5.92. The molecule has 0 spiro atoms. The molecular weight excluding hydrogens is 364 g/mol. The summed E-state index contributed by atoms with van der Waals surface area (Å²) in [6.45, 7) is 5.81. The van der Waals surface area contributed by atoms with Crippen LogP contribution < -0.4 is 11.0 Å². The van der Waals surface area contributed by atoms with Crippen LogP contribution in [0.4, 0.5) is 5.69 Å². The zero-order valence-electron chi connectivity index (χ0n) is 16.6. The van der Waals surface area contributed by atoms with Gasteiger partial charge in [-0.25, -0.2) is 14.3 Å². The highest BCUT2D eigenvalue weighted by atomic mass is 16.2. The van der Waals surface area contributed by atoms with Gasteiger partial charge in [-0.3, -0.25) is 9.36 Å². The number of anilines is 1. The first-order valence-corrected chi connectivity index (χ1v) is 9.44. The summed E-state index contributed by atoms with van der Waals surface area (Å²) in [6, 6.07) is 17.1. The van der Waals surface area contributed by atoms with Crippen molar-refractivity contribution in [1.29, 1.82) is 0 Å². The predicted molar refractivity (Wildman–Crippen MR) is 115 cm³/mol. The summed E-state index contributed by atoms with van der Waals surface area (Å²) in [4.78, 5) is 30.3. The standard InChI is InChI=1S/C23H22N4O2/c1-15-7-10-18(11-8-15)27-22-20(5-4-12-24-22)26(23(27)29)14-21(28)25-19-13-16(2)6-9-17(19)3/h4-13H,14H2,1-3H3,(H,25,28). The minimum Gasteiger partial charge on any atom is -0.324 e. The van der Waals surface area contributed by atoms with Gasteiger partial charge in [-0.15, -0.1) is 0 Å². The summed E-state index contributed by atoms with van der Waals surface area (Å²) in [5.41, 5.74) is 5.46. The van der Waals surface area contributed by atoms with Crippen molar-refractivity contribution in [3.63, 3.8) is 0 Å². The molecular formula is C23H22N4O2. The van der Waals surface area contributed by atoms with Gasteiger partial charge in [-0.2, -0.15) is 0 Å². The van der Waals surface area contributed by atoms with E-state index in [-0.39, 0.29) is 18.1 Å². The second-order valence-electron chi connectivity index (χ2n) is 7.25. The topological polar surface area (TPSA) is 68.9 Å². The molecule has 2 heterocycles. The monoisotopic (exact) mass is 386 g/mol. The summed E-state index contributed by atoms with van der Waals surface area (Å²) in [5.74, 6) is -0.257. The SMILES string of the molecule is Cc1ccc(-n2c(=O)n(CC(=O)Nc3cc(C)ccc3C)c3cccnc32)cc1. The summed E-state index contributed by atoms with van der Waals surface area (Å²) in [6.07, 6.45) is 1.65. The average Bonchev–Trinajstić information content (AvgIpc) is 2.97. The maximum absolute atomic E-state index is 13.2. The smallest absolute Gasteiger partial charge is 0.324 e. The minimum atomic E-state index is -0.293. The van der Waals surface area contributed by atoms with Crippen molar-refractivity contribution >= 4 is 22.8 Å². The Balaban J connectivity index is 1.74. The third-order valence-electron chi connectivity index (χ3n) is 4.95. The first-order valence-electron chi connectivity index (χ1n) is 9.44. The van der Waals surface area contributed by atoms with Gasteiger partial charge in [0.1, 0.15) is 6.54 Å². The molecule has 0 radical (unpaired) electrons. The second-order valence-corrected chi connectivity index (χ2v) is 7.25. The Hall–Kier alpha value is -3.67. The number of aromatic nitrogens is 3. The lowest BCUT2D eigenvalue weighted by molar-refractivity contribution is -0.116. The Kier molecular flexibility index (Phi) is 4.76. The number of fused-ring (bicyclic) bond motifs is 1. The molecule has 0 aliphatic rings. The molecule has 0 unspecified atom stereocenters. The van der Waals surface area contributed by atoms with Crippen LogP contribution in [0.1, 0.15) is 16.7 Å². The van der Waals surface area contributed by atoms with Crippen molar-refractivity contribution in [2.45, 2.75) is 27.3 Å². The molecule has 0 saturated heterocycles. The molecule has 0 bridgehead atoms. The fraction of sp³-hybridized carbons (Fsp3) is 0.174. The van der Waals surface area contributed by atoms with Gasteiger partial charge >= 0.3 is 5.69 Å². The molecule has 0 saturated carbocycles. The van der Waals surface area contributed by atoms with Crippen molar-refractivity contribution in [3.8, 4) is 5.69 Å². The first kappa shape index (κ1) is 18.7. The van der Waals surface area contributed by atoms with Crippen molar-refractivity contribution in [2.24, 2.45) is 0 Å². The molecule has 6 heteroatoms. The Morgan fingerprint density at radius 2 is 1.72 bits per heavy atom. The van der Waals surface area contributed by atoms with Gasteiger partial charge in [-0.05, 0) is 62.2 Å². The van der Waals surface area contributed by atoms with E-state index >= 15 is 0 Å². The number of aryl methyl sites for hydroxylation is 3. The Labute approximate surface area is 168 Å². The quantitative estimate of drug-likeness (QED) is 0.581. The number of imidazole rings is 1. The third kappa shape index (κ3) is 3.57. The molecule has 2 aromatic carbocycles. The molecule has 4 aromatic rings. The van der Waals surface area contributed by atoms with Crippen LogP contribution >= 0.6 is 0 Å². The molecule has 2 aromatic heterocycles. The lowest BCUT2D eigenvalue weighted by atomic mass is 10.1. The number of hydrogen-bond donors (Lipinski definition) is 1. The maximum Gasteiger partial charge on any atom is 0.335 e. The van der Waals surface area contributed by atoms with Crippen LogP contribution in [0.3, 0.4) is 0 Å². The van der Waals surface area contributed by atoms with E-state index in [0.29, 0.717) is 11.2 Å². The number of carbonyl (C=O) groups excluding carboxylic acids is 1. The maximum atomic E-state index is 13.2.